The van der Waals surface area contributed by atoms with Gasteiger partial charge in [-0.25, -0.2) is 0 Å². The number of unbranched alkanes of at least 4 members (excludes halogenated alkanes) is 3. The standard InChI is InChI=1S/C17H28O4/c1-3-5-9-13-21-17(19)15-11-8-7-10-14(15)16(18)20-12-6-4-2/h8,11,14-15H,3-7,9-10,12-13H2,1-2H3. The molecule has 0 saturated carbocycles. The number of rotatable bonds is 9. The molecule has 0 saturated heterocycles. The van der Waals surface area contributed by atoms with Gasteiger partial charge in [-0.05, 0) is 25.7 Å². The number of ether oxygens (including phenoxy) is 2. The van der Waals surface area contributed by atoms with Gasteiger partial charge in [0.2, 0.25) is 0 Å². The second kappa shape index (κ2) is 10.4. The first kappa shape index (κ1) is 17.7. The summed E-state index contributed by atoms with van der Waals surface area (Å²) in [5.41, 5.74) is 0. The molecule has 0 heterocycles. The van der Waals surface area contributed by atoms with Gasteiger partial charge in [0.25, 0.3) is 0 Å². The summed E-state index contributed by atoms with van der Waals surface area (Å²) in [5.74, 6) is -1.41. The zero-order valence-electron chi connectivity index (χ0n) is 13.3. The third-order valence-electron chi connectivity index (χ3n) is 3.73. The van der Waals surface area contributed by atoms with E-state index in [-0.39, 0.29) is 17.9 Å². The zero-order chi connectivity index (χ0) is 15.5. The summed E-state index contributed by atoms with van der Waals surface area (Å²) in [7, 11) is 0. The third kappa shape index (κ3) is 6.32. The summed E-state index contributed by atoms with van der Waals surface area (Å²) in [6, 6.07) is 0. The summed E-state index contributed by atoms with van der Waals surface area (Å²) in [4.78, 5) is 24.2. The van der Waals surface area contributed by atoms with Crippen LogP contribution in [-0.2, 0) is 19.1 Å². The maximum Gasteiger partial charge on any atom is 0.313 e. The minimum absolute atomic E-state index is 0.261. The van der Waals surface area contributed by atoms with Gasteiger partial charge < -0.3 is 9.47 Å². The SMILES string of the molecule is CCCCCOC(=O)C1C=CCCC1C(=O)OCCCC. The molecule has 120 valence electrons. The van der Waals surface area contributed by atoms with Crippen molar-refractivity contribution in [3.05, 3.63) is 12.2 Å². The third-order valence-corrected chi connectivity index (χ3v) is 3.73. The van der Waals surface area contributed by atoms with E-state index in [1.807, 2.05) is 13.0 Å². The molecule has 2 atom stereocenters. The summed E-state index contributed by atoms with van der Waals surface area (Å²) < 4.78 is 10.6. The quantitative estimate of drug-likeness (QED) is 0.370. The van der Waals surface area contributed by atoms with Gasteiger partial charge >= 0.3 is 11.9 Å². The van der Waals surface area contributed by atoms with Gasteiger partial charge in [-0.15, -0.1) is 0 Å². The molecule has 0 fully saturated rings. The lowest BCUT2D eigenvalue weighted by Crippen LogP contribution is -2.33. The molecule has 1 aliphatic rings. The van der Waals surface area contributed by atoms with Crippen LogP contribution in [0.5, 0.6) is 0 Å². The first-order valence-corrected chi connectivity index (χ1v) is 8.20. The largest absolute Gasteiger partial charge is 0.465 e. The Hall–Kier alpha value is -1.32. The van der Waals surface area contributed by atoms with E-state index in [1.54, 1.807) is 6.08 Å². The van der Waals surface area contributed by atoms with Gasteiger partial charge in [-0.2, -0.15) is 0 Å². The summed E-state index contributed by atoms with van der Waals surface area (Å²) in [6.07, 6.45) is 10.1. The second-order valence-electron chi connectivity index (χ2n) is 5.53. The highest BCUT2D eigenvalue weighted by Crippen LogP contribution is 2.27. The molecular formula is C17H28O4. The van der Waals surface area contributed by atoms with E-state index in [2.05, 4.69) is 6.92 Å². The minimum Gasteiger partial charge on any atom is -0.465 e. The Bertz CT molecular complexity index is 349. The Morgan fingerprint density at radius 1 is 1.00 bits per heavy atom. The lowest BCUT2D eigenvalue weighted by Gasteiger charge is -2.24. The Kier molecular flexibility index (Phi) is 8.79. The number of hydrogen-bond donors (Lipinski definition) is 0. The highest BCUT2D eigenvalue weighted by Gasteiger charge is 2.35. The van der Waals surface area contributed by atoms with Crippen molar-refractivity contribution in [2.45, 2.75) is 58.8 Å². The highest BCUT2D eigenvalue weighted by atomic mass is 16.5. The molecule has 2 unspecified atom stereocenters. The lowest BCUT2D eigenvalue weighted by atomic mass is 9.84. The Morgan fingerprint density at radius 2 is 1.67 bits per heavy atom. The Morgan fingerprint density at radius 3 is 2.38 bits per heavy atom. The van der Waals surface area contributed by atoms with Crippen LogP contribution in [0.3, 0.4) is 0 Å². The number of hydrogen-bond acceptors (Lipinski definition) is 4. The van der Waals surface area contributed by atoms with Crippen molar-refractivity contribution in [2.24, 2.45) is 11.8 Å². The monoisotopic (exact) mass is 296 g/mol. The van der Waals surface area contributed by atoms with Crippen LogP contribution in [0.4, 0.5) is 0 Å². The predicted octanol–water partition coefficient (Wildman–Crippen LogP) is 3.65. The summed E-state index contributed by atoms with van der Waals surface area (Å²) in [6.45, 7) is 5.03. The molecule has 0 radical (unpaired) electrons. The van der Waals surface area contributed by atoms with E-state index >= 15 is 0 Å². The van der Waals surface area contributed by atoms with Crippen molar-refractivity contribution >= 4 is 11.9 Å². The maximum atomic E-state index is 12.1. The van der Waals surface area contributed by atoms with Gasteiger partial charge in [0.1, 0.15) is 0 Å². The number of carbonyl (C=O) groups excluding carboxylic acids is 2. The van der Waals surface area contributed by atoms with Crippen molar-refractivity contribution in [1.29, 1.82) is 0 Å². The van der Waals surface area contributed by atoms with Crippen LogP contribution in [0.2, 0.25) is 0 Å². The molecule has 1 aliphatic carbocycles. The van der Waals surface area contributed by atoms with Crippen LogP contribution >= 0.6 is 0 Å². The molecule has 0 bridgehead atoms. The molecule has 0 aromatic heterocycles. The van der Waals surface area contributed by atoms with Crippen LogP contribution in [-0.4, -0.2) is 25.2 Å². The average molecular weight is 296 g/mol. The maximum absolute atomic E-state index is 12.1. The van der Waals surface area contributed by atoms with Crippen molar-refractivity contribution < 1.29 is 19.1 Å². The lowest BCUT2D eigenvalue weighted by molar-refractivity contribution is -0.159. The van der Waals surface area contributed by atoms with E-state index in [4.69, 9.17) is 9.47 Å². The van der Waals surface area contributed by atoms with E-state index in [0.29, 0.717) is 19.6 Å². The molecule has 21 heavy (non-hydrogen) atoms. The molecular weight excluding hydrogens is 268 g/mol. The normalized spacial score (nSPS) is 21.0. The highest BCUT2D eigenvalue weighted by molar-refractivity contribution is 5.83. The molecule has 0 N–H and O–H groups in total. The van der Waals surface area contributed by atoms with E-state index in [0.717, 1.165) is 38.5 Å². The molecule has 1 rings (SSSR count). The molecule has 0 amide bonds. The summed E-state index contributed by atoms with van der Waals surface area (Å²) >= 11 is 0. The van der Waals surface area contributed by atoms with Gasteiger partial charge in [-0.3, -0.25) is 9.59 Å². The number of carbonyl (C=O) groups is 2. The predicted molar refractivity (Wildman–Crippen MR) is 81.7 cm³/mol. The van der Waals surface area contributed by atoms with Crippen molar-refractivity contribution in [2.75, 3.05) is 13.2 Å². The molecule has 0 aromatic rings. The van der Waals surface area contributed by atoms with Crippen LogP contribution in [0.15, 0.2) is 12.2 Å². The van der Waals surface area contributed by atoms with E-state index < -0.39 is 5.92 Å². The first-order chi connectivity index (χ1) is 10.2. The van der Waals surface area contributed by atoms with Crippen LogP contribution in [0.1, 0.15) is 58.8 Å². The number of allylic oxidation sites excluding steroid dienone is 1. The Balaban J connectivity index is 2.47. The first-order valence-electron chi connectivity index (χ1n) is 8.20. The van der Waals surface area contributed by atoms with Crippen LogP contribution in [0.25, 0.3) is 0 Å². The van der Waals surface area contributed by atoms with Crippen molar-refractivity contribution in [1.82, 2.24) is 0 Å². The van der Waals surface area contributed by atoms with Crippen molar-refractivity contribution in [3.8, 4) is 0 Å². The minimum atomic E-state index is -0.477. The van der Waals surface area contributed by atoms with Gasteiger partial charge in [-0.1, -0.05) is 45.3 Å². The van der Waals surface area contributed by atoms with Crippen molar-refractivity contribution in [3.63, 3.8) is 0 Å². The number of esters is 2. The van der Waals surface area contributed by atoms with Gasteiger partial charge in [0, 0.05) is 0 Å². The molecule has 0 aromatic carbocycles. The van der Waals surface area contributed by atoms with E-state index in [9.17, 15) is 9.59 Å². The van der Waals surface area contributed by atoms with Crippen LogP contribution < -0.4 is 0 Å². The zero-order valence-corrected chi connectivity index (χ0v) is 13.3. The fraction of sp³-hybridized carbons (Fsp3) is 0.765. The topological polar surface area (TPSA) is 52.6 Å². The van der Waals surface area contributed by atoms with E-state index in [1.165, 1.54) is 0 Å². The fourth-order valence-electron chi connectivity index (χ4n) is 2.38. The second-order valence-corrected chi connectivity index (χ2v) is 5.53. The molecule has 4 nitrogen and oxygen atoms in total. The smallest absolute Gasteiger partial charge is 0.313 e. The fourth-order valence-corrected chi connectivity index (χ4v) is 2.38. The summed E-state index contributed by atoms with van der Waals surface area (Å²) in [5, 5.41) is 0. The van der Waals surface area contributed by atoms with Gasteiger partial charge in [0.05, 0.1) is 25.0 Å². The van der Waals surface area contributed by atoms with Crippen LogP contribution in [0, 0.1) is 11.8 Å². The Labute approximate surface area is 127 Å². The average Bonchev–Trinajstić information content (AvgIpc) is 2.51. The van der Waals surface area contributed by atoms with Gasteiger partial charge in [0.15, 0.2) is 0 Å². The molecule has 0 spiro atoms. The molecule has 0 aliphatic heterocycles. The molecule has 4 heteroatoms.